The van der Waals surface area contributed by atoms with Crippen molar-refractivity contribution in [2.24, 2.45) is 5.92 Å². The molecule has 0 aliphatic carbocycles. The van der Waals surface area contributed by atoms with Crippen molar-refractivity contribution in [3.05, 3.63) is 48.2 Å². The van der Waals surface area contributed by atoms with Crippen LogP contribution in [0.3, 0.4) is 0 Å². The van der Waals surface area contributed by atoms with Gasteiger partial charge in [-0.1, -0.05) is 44.2 Å². The van der Waals surface area contributed by atoms with E-state index in [0.717, 1.165) is 17.1 Å². The summed E-state index contributed by atoms with van der Waals surface area (Å²) in [5, 5.41) is 12.4. The van der Waals surface area contributed by atoms with E-state index in [2.05, 4.69) is 5.32 Å². The quantitative estimate of drug-likeness (QED) is 0.826. The molecule has 118 valence electrons. The molecule has 4 nitrogen and oxygen atoms in total. The molecule has 0 bridgehead atoms. The fraction of sp³-hybridized carbons (Fsp3) is 0.389. The van der Waals surface area contributed by atoms with E-state index in [1.807, 2.05) is 56.3 Å². The van der Waals surface area contributed by atoms with E-state index in [0.29, 0.717) is 19.4 Å². The van der Waals surface area contributed by atoms with Crippen LogP contribution in [-0.2, 0) is 11.2 Å². The van der Waals surface area contributed by atoms with E-state index in [1.165, 1.54) is 0 Å². The predicted molar refractivity (Wildman–Crippen MR) is 86.3 cm³/mol. The Balaban J connectivity index is 1.80. The van der Waals surface area contributed by atoms with Gasteiger partial charge in [-0.05, 0) is 18.1 Å². The van der Waals surface area contributed by atoms with E-state index >= 15 is 0 Å². The van der Waals surface area contributed by atoms with Crippen molar-refractivity contribution >= 4 is 5.91 Å². The van der Waals surface area contributed by atoms with Crippen molar-refractivity contribution in [2.75, 3.05) is 6.54 Å². The van der Waals surface area contributed by atoms with E-state index in [4.69, 9.17) is 4.42 Å². The van der Waals surface area contributed by atoms with Crippen molar-refractivity contribution < 1.29 is 14.3 Å². The topological polar surface area (TPSA) is 62.5 Å². The number of furan rings is 1. The number of rotatable bonds is 7. The van der Waals surface area contributed by atoms with Crippen LogP contribution in [0.25, 0.3) is 11.3 Å². The summed E-state index contributed by atoms with van der Waals surface area (Å²) in [7, 11) is 0. The van der Waals surface area contributed by atoms with E-state index in [1.54, 1.807) is 0 Å². The zero-order valence-electron chi connectivity index (χ0n) is 13.1. The second-order valence-corrected chi connectivity index (χ2v) is 5.75. The van der Waals surface area contributed by atoms with Crippen molar-refractivity contribution in [3.63, 3.8) is 0 Å². The van der Waals surface area contributed by atoms with Crippen LogP contribution < -0.4 is 5.32 Å². The first-order chi connectivity index (χ1) is 10.6. The lowest BCUT2D eigenvalue weighted by Crippen LogP contribution is -2.34. The molecular weight excluding hydrogens is 278 g/mol. The molecule has 0 fully saturated rings. The van der Waals surface area contributed by atoms with Crippen molar-refractivity contribution in [1.29, 1.82) is 0 Å². The van der Waals surface area contributed by atoms with Crippen LogP contribution in [0, 0.1) is 5.92 Å². The number of carbonyl (C=O) groups excluding carboxylic acids is 1. The first kappa shape index (κ1) is 16.3. The number of carbonyl (C=O) groups is 1. The Kier molecular flexibility index (Phi) is 5.78. The van der Waals surface area contributed by atoms with Crippen LogP contribution >= 0.6 is 0 Å². The highest BCUT2D eigenvalue weighted by Crippen LogP contribution is 2.22. The molecule has 1 aromatic carbocycles. The number of nitrogens with one attached hydrogen (secondary N) is 1. The highest BCUT2D eigenvalue weighted by molar-refractivity contribution is 5.76. The maximum absolute atomic E-state index is 11.8. The lowest BCUT2D eigenvalue weighted by molar-refractivity contribution is -0.121. The molecule has 0 radical (unpaired) electrons. The van der Waals surface area contributed by atoms with E-state index < -0.39 is 6.10 Å². The van der Waals surface area contributed by atoms with Crippen LogP contribution in [-0.4, -0.2) is 23.7 Å². The van der Waals surface area contributed by atoms with Crippen LogP contribution in [0.4, 0.5) is 0 Å². The largest absolute Gasteiger partial charge is 0.461 e. The van der Waals surface area contributed by atoms with Gasteiger partial charge in [-0.15, -0.1) is 0 Å². The molecule has 1 amide bonds. The number of aliphatic hydroxyl groups is 1. The molecule has 0 aliphatic heterocycles. The minimum absolute atomic E-state index is 0.0719. The van der Waals surface area contributed by atoms with Gasteiger partial charge in [0, 0.05) is 24.9 Å². The standard InChI is InChI=1S/C18H23NO3/c1-13(2)16(20)12-19-18(21)11-9-15-8-10-17(22-15)14-6-4-3-5-7-14/h3-8,10,13,16,20H,9,11-12H2,1-2H3,(H,19,21). The molecule has 1 aromatic heterocycles. The second-order valence-electron chi connectivity index (χ2n) is 5.75. The molecule has 0 saturated carbocycles. The number of benzene rings is 1. The van der Waals surface area contributed by atoms with Gasteiger partial charge in [-0.2, -0.15) is 0 Å². The van der Waals surface area contributed by atoms with Gasteiger partial charge < -0.3 is 14.8 Å². The van der Waals surface area contributed by atoms with Gasteiger partial charge in [-0.3, -0.25) is 4.79 Å². The lowest BCUT2D eigenvalue weighted by Gasteiger charge is -2.14. The maximum atomic E-state index is 11.8. The van der Waals surface area contributed by atoms with Gasteiger partial charge >= 0.3 is 0 Å². The lowest BCUT2D eigenvalue weighted by atomic mass is 10.1. The number of aliphatic hydroxyl groups excluding tert-OH is 1. The van der Waals surface area contributed by atoms with Gasteiger partial charge in [-0.25, -0.2) is 0 Å². The van der Waals surface area contributed by atoms with Gasteiger partial charge in [0.15, 0.2) is 0 Å². The molecule has 1 unspecified atom stereocenters. The molecule has 2 rings (SSSR count). The maximum Gasteiger partial charge on any atom is 0.220 e. The second kappa shape index (κ2) is 7.80. The Morgan fingerprint density at radius 1 is 1.18 bits per heavy atom. The number of amides is 1. The molecule has 0 aliphatic rings. The number of aryl methyl sites for hydroxylation is 1. The smallest absolute Gasteiger partial charge is 0.220 e. The summed E-state index contributed by atoms with van der Waals surface area (Å²) < 4.78 is 5.75. The third-order valence-electron chi connectivity index (χ3n) is 3.60. The summed E-state index contributed by atoms with van der Waals surface area (Å²) in [6.45, 7) is 4.14. The van der Waals surface area contributed by atoms with Gasteiger partial charge in [0.25, 0.3) is 0 Å². The van der Waals surface area contributed by atoms with Crippen LogP contribution in [0.2, 0.25) is 0 Å². The van der Waals surface area contributed by atoms with Crippen molar-refractivity contribution in [1.82, 2.24) is 5.32 Å². The van der Waals surface area contributed by atoms with Gasteiger partial charge in [0.1, 0.15) is 11.5 Å². The van der Waals surface area contributed by atoms with Crippen LogP contribution in [0.15, 0.2) is 46.9 Å². The summed E-state index contributed by atoms with van der Waals surface area (Å²) >= 11 is 0. The average molecular weight is 301 g/mol. The minimum atomic E-state index is -0.503. The molecule has 22 heavy (non-hydrogen) atoms. The minimum Gasteiger partial charge on any atom is -0.461 e. The summed E-state index contributed by atoms with van der Waals surface area (Å²) in [5.74, 6) is 1.67. The Morgan fingerprint density at radius 3 is 2.59 bits per heavy atom. The molecular formula is C18H23NO3. The summed E-state index contributed by atoms with van der Waals surface area (Å²) in [6.07, 6.45) is 0.403. The Labute approximate surface area is 131 Å². The molecule has 2 N–H and O–H groups in total. The third kappa shape index (κ3) is 4.74. The average Bonchev–Trinajstić information content (AvgIpc) is 3.00. The third-order valence-corrected chi connectivity index (χ3v) is 3.60. The normalized spacial score (nSPS) is 12.4. The summed E-state index contributed by atoms with van der Waals surface area (Å²) in [5.41, 5.74) is 1.03. The SMILES string of the molecule is CC(C)C(O)CNC(=O)CCc1ccc(-c2ccccc2)o1. The molecule has 0 saturated heterocycles. The fourth-order valence-electron chi connectivity index (χ4n) is 2.05. The molecule has 1 heterocycles. The van der Waals surface area contributed by atoms with Crippen molar-refractivity contribution in [3.8, 4) is 11.3 Å². The van der Waals surface area contributed by atoms with Gasteiger partial charge in [0.2, 0.25) is 5.91 Å². The van der Waals surface area contributed by atoms with Crippen LogP contribution in [0.5, 0.6) is 0 Å². The van der Waals surface area contributed by atoms with E-state index in [9.17, 15) is 9.90 Å². The predicted octanol–water partition coefficient (Wildman–Crippen LogP) is 3.01. The number of hydrogen-bond donors (Lipinski definition) is 2. The summed E-state index contributed by atoms with van der Waals surface area (Å²) in [4.78, 5) is 11.8. The van der Waals surface area contributed by atoms with Crippen molar-refractivity contribution in [2.45, 2.75) is 32.8 Å². The zero-order chi connectivity index (χ0) is 15.9. The Bertz CT molecular complexity index is 589. The molecule has 0 spiro atoms. The number of hydrogen-bond acceptors (Lipinski definition) is 3. The first-order valence-corrected chi connectivity index (χ1v) is 7.65. The van der Waals surface area contributed by atoms with E-state index in [-0.39, 0.29) is 11.8 Å². The highest BCUT2D eigenvalue weighted by atomic mass is 16.3. The fourth-order valence-corrected chi connectivity index (χ4v) is 2.05. The molecule has 4 heteroatoms. The highest BCUT2D eigenvalue weighted by Gasteiger charge is 2.11. The van der Waals surface area contributed by atoms with Crippen LogP contribution in [0.1, 0.15) is 26.0 Å². The molecule has 1 atom stereocenters. The summed E-state index contributed by atoms with van der Waals surface area (Å²) in [6, 6.07) is 13.7. The Hall–Kier alpha value is -2.07. The van der Waals surface area contributed by atoms with Gasteiger partial charge in [0.05, 0.1) is 6.10 Å². The first-order valence-electron chi connectivity index (χ1n) is 7.65. The molecule has 2 aromatic rings. The monoisotopic (exact) mass is 301 g/mol. The zero-order valence-corrected chi connectivity index (χ0v) is 13.1. The Morgan fingerprint density at radius 2 is 1.91 bits per heavy atom.